The number of ether oxygens (including phenoxy) is 1. The van der Waals surface area contributed by atoms with Crippen molar-refractivity contribution in [2.75, 3.05) is 26.7 Å². The van der Waals surface area contributed by atoms with Gasteiger partial charge in [-0.15, -0.1) is 6.42 Å². The zero-order chi connectivity index (χ0) is 16.2. The highest BCUT2D eigenvalue weighted by molar-refractivity contribution is 5.78. The Morgan fingerprint density at radius 2 is 2.13 bits per heavy atom. The van der Waals surface area contributed by atoms with Gasteiger partial charge < -0.3 is 9.64 Å². The van der Waals surface area contributed by atoms with Gasteiger partial charge in [-0.1, -0.05) is 41.8 Å². The molecule has 0 aromatic heterocycles. The molecular formula is C20H23NO2. The number of fused-ring (bicyclic) bond motifs is 1. The maximum absolute atomic E-state index is 12.4. The molecule has 0 spiro atoms. The number of benzene rings is 1. The molecule has 0 bridgehead atoms. The first-order valence-corrected chi connectivity index (χ1v) is 8.26. The van der Waals surface area contributed by atoms with Crippen LogP contribution in [0.25, 0.3) is 5.57 Å². The lowest BCUT2D eigenvalue weighted by Crippen LogP contribution is -2.42. The van der Waals surface area contributed by atoms with Crippen LogP contribution in [-0.2, 0) is 9.53 Å². The van der Waals surface area contributed by atoms with E-state index in [-0.39, 0.29) is 24.4 Å². The quantitative estimate of drug-likeness (QED) is 0.635. The normalized spacial score (nSPS) is 24.7. The summed E-state index contributed by atoms with van der Waals surface area (Å²) in [4.78, 5) is 14.7. The molecule has 0 saturated carbocycles. The summed E-state index contributed by atoms with van der Waals surface area (Å²) in [6.07, 6.45) is 8.03. The van der Waals surface area contributed by atoms with Gasteiger partial charge in [0, 0.05) is 19.0 Å². The third kappa shape index (κ3) is 3.33. The van der Waals surface area contributed by atoms with Crippen LogP contribution >= 0.6 is 0 Å². The fraction of sp³-hybridized carbons (Fsp3) is 0.450. The van der Waals surface area contributed by atoms with Crippen LogP contribution in [0.4, 0.5) is 0 Å². The number of terminal acetylenes is 1. The Bertz CT molecular complexity index is 641. The Morgan fingerprint density at radius 1 is 1.35 bits per heavy atom. The van der Waals surface area contributed by atoms with Gasteiger partial charge in [-0.2, -0.15) is 0 Å². The zero-order valence-corrected chi connectivity index (χ0v) is 13.6. The summed E-state index contributed by atoms with van der Waals surface area (Å²) < 4.78 is 5.24. The van der Waals surface area contributed by atoms with Gasteiger partial charge in [-0.25, -0.2) is 0 Å². The maximum atomic E-state index is 12.4. The summed E-state index contributed by atoms with van der Waals surface area (Å²) in [7, 11) is 2.12. The zero-order valence-electron chi connectivity index (χ0n) is 13.6. The van der Waals surface area contributed by atoms with Crippen molar-refractivity contribution in [2.24, 2.45) is 11.8 Å². The molecule has 0 radical (unpaired) electrons. The van der Waals surface area contributed by atoms with E-state index in [9.17, 15) is 4.79 Å². The van der Waals surface area contributed by atoms with E-state index in [0.717, 1.165) is 32.4 Å². The first-order chi connectivity index (χ1) is 11.2. The number of hydrogen-bond acceptors (Lipinski definition) is 3. The Morgan fingerprint density at radius 3 is 2.87 bits per heavy atom. The van der Waals surface area contributed by atoms with Gasteiger partial charge in [0.15, 0.2) is 6.61 Å². The van der Waals surface area contributed by atoms with Gasteiger partial charge in [-0.3, -0.25) is 4.79 Å². The molecule has 1 unspecified atom stereocenters. The fourth-order valence-corrected chi connectivity index (χ4v) is 3.91. The van der Waals surface area contributed by atoms with Gasteiger partial charge >= 0.3 is 5.97 Å². The molecule has 23 heavy (non-hydrogen) atoms. The lowest BCUT2D eigenvalue weighted by atomic mass is 9.70. The number of esters is 1. The molecule has 2 aliphatic rings. The summed E-state index contributed by atoms with van der Waals surface area (Å²) in [5, 5.41) is 0. The van der Waals surface area contributed by atoms with Crippen LogP contribution in [0.2, 0.25) is 0 Å². The molecule has 3 heteroatoms. The van der Waals surface area contributed by atoms with Gasteiger partial charge in [0.25, 0.3) is 0 Å². The number of allylic oxidation sites excluding steroid dienone is 1. The van der Waals surface area contributed by atoms with Crippen molar-refractivity contribution < 1.29 is 9.53 Å². The predicted octanol–water partition coefficient (Wildman–Crippen LogP) is 2.98. The topological polar surface area (TPSA) is 29.5 Å². The molecule has 1 heterocycles. The average molecular weight is 309 g/mol. The van der Waals surface area contributed by atoms with E-state index in [2.05, 4.69) is 42.1 Å². The van der Waals surface area contributed by atoms with Crippen LogP contribution in [-0.4, -0.2) is 37.6 Å². The minimum Gasteiger partial charge on any atom is -0.452 e. The van der Waals surface area contributed by atoms with E-state index in [0.29, 0.717) is 0 Å². The summed E-state index contributed by atoms with van der Waals surface area (Å²) >= 11 is 0. The number of nitrogens with zero attached hydrogens (tertiary/aromatic N) is 1. The van der Waals surface area contributed by atoms with Crippen molar-refractivity contribution in [3.8, 4) is 12.3 Å². The Labute approximate surface area is 138 Å². The number of piperidine rings is 1. The minimum atomic E-state index is -0.132. The van der Waals surface area contributed by atoms with Crippen LogP contribution in [0.15, 0.2) is 35.9 Å². The second-order valence-electron chi connectivity index (χ2n) is 6.45. The van der Waals surface area contributed by atoms with Crippen molar-refractivity contribution in [1.82, 2.24) is 4.90 Å². The number of rotatable bonds is 3. The van der Waals surface area contributed by atoms with Crippen LogP contribution in [0.5, 0.6) is 0 Å². The predicted molar refractivity (Wildman–Crippen MR) is 91.5 cm³/mol. The molecule has 1 aliphatic carbocycles. The molecule has 0 N–H and O–H groups in total. The summed E-state index contributed by atoms with van der Waals surface area (Å²) in [6, 6.07) is 10.6. The van der Waals surface area contributed by atoms with Crippen molar-refractivity contribution in [1.29, 1.82) is 0 Å². The van der Waals surface area contributed by atoms with Gasteiger partial charge in [0.1, 0.15) is 0 Å². The second kappa shape index (κ2) is 7.02. The minimum absolute atomic E-state index is 0.0615. The van der Waals surface area contributed by atoms with Gasteiger partial charge in [0.05, 0.1) is 5.92 Å². The van der Waals surface area contributed by atoms with Crippen molar-refractivity contribution in [3.63, 3.8) is 0 Å². The Kier molecular flexibility index (Phi) is 4.83. The molecule has 1 saturated heterocycles. The molecule has 3 nitrogen and oxygen atoms in total. The highest BCUT2D eigenvalue weighted by atomic mass is 16.5. The first kappa shape index (κ1) is 15.8. The monoisotopic (exact) mass is 309 g/mol. The standard InChI is InChI=1S/C20H23NO2/c1-3-13-23-20(22)18-10-9-16(15-7-5-4-6-8-15)17-11-12-21(2)14-19(17)18/h1,4-8,18-19H,9-14H2,2H3/t18-,19?/m1/s1. The average Bonchev–Trinajstić information content (AvgIpc) is 2.59. The van der Waals surface area contributed by atoms with Crippen molar-refractivity contribution >= 4 is 11.5 Å². The fourth-order valence-electron chi connectivity index (χ4n) is 3.91. The third-order valence-electron chi connectivity index (χ3n) is 5.02. The van der Waals surface area contributed by atoms with E-state index in [1.807, 2.05) is 6.07 Å². The summed E-state index contributed by atoms with van der Waals surface area (Å²) in [5.74, 6) is 2.45. The highest BCUT2D eigenvalue weighted by Crippen LogP contribution is 2.43. The largest absolute Gasteiger partial charge is 0.452 e. The van der Waals surface area contributed by atoms with Gasteiger partial charge in [0.2, 0.25) is 0 Å². The van der Waals surface area contributed by atoms with Crippen LogP contribution < -0.4 is 0 Å². The van der Waals surface area contributed by atoms with Crippen LogP contribution in [0.1, 0.15) is 24.8 Å². The Balaban J connectivity index is 1.91. The smallest absolute Gasteiger partial charge is 0.310 e. The van der Waals surface area contributed by atoms with Crippen molar-refractivity contribution in [3.05, 3.63) is 41.5 Å². The summed E-state index contributed by atoms with van der Waals surface area (Å²) in [6.45, 7) is 2.04. The second-order valence-corrected chi connectivity index (χ2v) is 6.45. The molecule has 1 fully saturated rings. The number of carbonyl (C=O) groups is 1. The number of hydrogen-bond donors (Lipinski definition) is 0. The lowest BCUT2D eigenvalue weighted by molar-refractivity contribution is -0.149. The Hall–Kier alpha value is -2.05. The first-order valence-electron chi connectivity index (χ1n) is 8.26. The summed E-state index contributed by atoms with van der Waals surface area (Å²) in [5.41, 5.74) is 4.18. The molecule has 1 aromatic carbocycles. The van der Waals surface area contributed by atoms with E-state index < -0.39 is 0 Å². The molecule has 120 valence electrons. The molecule has 0 amide bonds. The molecule has 2 atom stereocenters. The van der Waals surface area contributed by atoms with Crippen LogP contribution in [0.3, 0.4) is 0 Å². The lowest BCUT2D eigenvalue weighted by Gasteiger charge is -2.41. The molecule has 3 rings (SSSR count). The van der Waals surface area contributed by atoms with E-state index in [4.69, 9.17) is 11.2 Å². The van der Waals surface area contributed by atoms with E-state index in [1.165, 1.54) is 16.7 Å². The van der Waals surface area contributed by atoms with Crippen LogP contribution in [0, 0.1) is 24.2 Å². The molecule has 1 aliphatic heterocycles. The van der Waals surface area contributed by atoms with E-state index >= 15 is 0 Å². The SMILES string of the molecule is C#CCOC(=O)[C@@H]1CCC(c2ccccc2)=C2CCN(C)CC21. The van der Waals surface area contributed by atoms with Gasteiger partial charge in [-0.05, 0) is 37.4 Å². The van der Waals surface area contributed by atoms with Crippen molar-refractivity contribution in [2.45, 2.75) is 19.3 Å². The molecule has 1 aromatic rings. The molecular weight excluding hydrogens is 286 g/mol. The number of carbonyl (C=O) groups excluding carboxylic acids is 1. The number of likely N-dealkylation sites (tertiary alicyclic amines) is 1. The third-order valence-corrected chi connectivity index (χ3v) is 5.02. The highest BCUT2D eigenvalue weighted by Gasteiger charge is 2.39. The maximum Gasteiger partial charge on any atom is 0.310 e. The van der Waals surface area contributed by atoms with E-state index in [1.54, 1.807) is 0 Å².